The van der Waals surface area contributed by atoms with Gasteiger partial charge in [0.05, 0.1) is 12.8 Å². The first-order chi connectivity index (χ1) is 16.3. The molecule has 176 valence electrons. The van der Waals surface area contributed by atoms with Crippen LogP contribution in [0.4, 0.5) is 10.3 Å². The van der Waals surface area contributed by atoms with E-state index >= 15 is 0 Å². The summed E-state index contributed by atoms with van der Waals surface area (Å²) in [6.07, 6.45) is 0.401. The van der Waals surface area contributed by atoms with E-state index in [-0.39, 0.29) is 36.1 Å². The zero-order valence-electron chi connectivity index (χ0n) is 17.9. The van der Waals surface area contributed by atoms with Crippen LogP contribution in [0.2, 0.25) is 5.02 Å². The zero-order valence-corrected chi connectivity index (χ0v) is 18.7. The Bertz CT molecular complexity index is 1440. The maximum absolute atomic E-state index is 13.1. The van der Waals surface area contributed by atoms with Gasteiger partial charge in [-0.05, 0) is 42.0 Å². The number of aromatic amines is 1. The SMILES string of the molecule is Cn1c(=O)[nH]c(=O)c2c1nc(N/N=C\c1ccc(F)cc1)n2C[C@H](O)COc1ccc(Cl)cc1. The zero-order chi connectivity index (χ0) is 24.2. The number of aliphatic hydroxyl groups excluding tert-OH is 1. The van der Waals surface area contributed by atoms with E-state index in [1.807, 2.05) is 0 Å². The molecule has 2 aromatic carbocycles. The molecule has 0 unspecified atom stereocenters. The Morgan fingerprint density at radius 2 is 1.94 bits per heavy atom. The third-order valence-corrected chi connectivity index (χ3v) is 5.16. The van der Waals surface area contributed by atoms with Crippen LogP contribution in [0.15, 0.2) is 63.2 Å². The van der Waals surface area contributed by atoms with Crippen molar-refractivity contribution in [3.63, 3.8) is 0 Å². The van der Waals surface area contributed by atoms with E-state index in [0.29, 0.717) is 16.3 Å². The first-order valence-electron chi connectivity index (χ1n) is 10.1. The number of halogens is 2. The third kappa shape index (κ3) is 5.16. The number of imidazole rings is 1. The first-order valence-corrected chi connectivity index (χ1v) is 10.5. The molecule has 0 aliphatic carbocycles. The second kappa shape index (κ2) is 9.89. The minimum absolute atomic E-state index is 0.0760. The van der Waals surface area contributed by atoms with Crippen molar-refractivity contribution in [2.24, 2.45) is 12.1 Å². The van der Waals surface area contributed by atoms with Crippen LogP contribution in [-0.4, -0.2) is 43.1 Å². The van der Waals surface area contributed by atoms with Crippen molar-refractivity contribution in [3.8, 4) is 5.75 Å². The van der Waals surface area contributed by atoms with Gasteiger partial charge in [0.25, 0.3) is 5.56 Å². The number of fused-ring (bicyclic) bond motifs is 1. The van der Waals surface area contributed by atoms with Crippen LogP contribution in [0, 0.1) is 5.82 Å². The van der Waals surface area contributed by atoms with Crippen LogP contribution in [-0.2, 0) is 13.6 Å². The van der Waals surface area contributed by atoms with Gasteiger partial charge in [-0.3, -0.25) is 14.3 Å². The van der Waals surface area contributed by atoms with Crippen LogP contribution in [0.25, 0.3) is 11.2 Å². The summed E-state index contributed by atoms with van der Waals surface area (Å²) in [6.45, 7) is -0.164. The molecule has 0 amide bonds. The molecule has 0 saturated carbocycles. The molecule has 0 spiro atoms. The number of ether oxygens (including phenoxy) is 1. The number of anilines is 1. The van der Waals surface area contributed by atoms with Crippen LogP contribution in [0.5, 0.6) is 5.75 Å². The van der Waals surface area contributed by atoms with E-state index in [2.05, 4.69) is 20.5 Å². The number of H-pyrrole nitrogens is 1. The van der Waals surface area contributed by atoms with Gasteiger partial charge in [0.2, 0.25) is 5.95 Å². The minimum atomic E-state index is -1.04. The Morgan fingerprint density at radius 1 is 1.24 bits per heavy atom. The van der Waals surface area contributed by atoms with E-state index in [4.69, 9.17) is 16.3 Å². The number of aromatic nitrogens is 4. The Kier molecular flexibility index (Phi) is 6.75. The molecule has 0 fully saturated rings. The first kappa shape index (κ1) is 23.2. The number of benzene rings is 2. The van der Waals surface area contributed by atoms with Crippen LogP contribution >= 0.6 is 11.6 Å². The van der Waals surface area contributed by atoms with Gasteiger partial charge in [0, 0.05) is 12.1 Å². The fraction of sp³-hybridized carbons (Fsp3) is 0.182. The van der Waals surface area contributed by atoms with Crippen molar-refractivity contribution in [2.45, 2.75) is 12.6 Å². The molecule has 4 rings (SSSR count). The Balaban J connectivity index is 1.60. The van der Waals surface area contributed by atoms with Gasteiger partial charge in [-0.15, -0.1) is 0 Å². The fourth-order valence-corrected chi connectivity index (χ4v) is 3.32. The van der Waals surface area contributed by atoms with Crippen LogP contribution in [0.1, 0.15) is 5.56 Å². The molecular formula is C22H20ClFN6O4. The molecule has 0 aliphatic heterocycles. The quantitative estimate of drug-likeness (QED) is 0.258. The van der Waals surface area contributed by atoms with Crippen molar-refractivity contribution in [2.75, 3.05) is 12.0 Å². The van der Waals surface area contributed by atoms with E-state index in [1.165, 1.54) is 46.7 Å². The average Bonchev–Trinajstić information content (AvgIpc) is 3.17. The van der Waals surface area contributed by atoms with Crippen LogP contribution < -0.4 is 21.4 Å². The van der Waals surface area contributed by atoms with Crippen molar-refractivity contribution >= 4 is 34.9 Å². The number of nitrogens with zero attached hydrogens (tertiary/aromatic N) is 4. The summed E-state index contributed by atoms with van der Waals surface area (Å²) < 4.78 is 21.3. The maximum atomic E-state index is 13.1. The van der Waals surface area contributed by atoms with Crippen molar-refractivity contribution in [3.05, 3.63) is 85.8 Å². The summed E-state index contributed by atoms with van der Waals surface area (Å²) in [5, 5.41) is 15.2. The summed E-state index contributed by atoms with van der Waals surface area (Å²) in [7, 11) is 1.46. The van der Waals surface area contributed by atoms with Gasteiger partial charge in [-0.2, -0.15) is 10.1 Å². The summed E-state index contributed by atoms with van der Waals surface area (Å²) in [4.78, 5) is 31.1. The van der Waals surface area contributed by atoms with Gasteiger partial charge in [-0.1, -0.05) is 23.7 Å². The van der Waals surface area contributed by atoms with Crippen molar-refractivity contribution in [1.82, 2.24) is 19.1 Å². The molecular weight excluding hydrogens is 467 g/mol. The third-order valence-electron chi connectivity index (χ3n) is 4.90. The lowest BCUT2D eigenvalue weighted by Crippen LogP contribution is -2.30. The number of rotatable bonds is 8. The van der Waals surface area contributed by atoms with E-state index in [9.17, 15) is 19.1 Å². The van der Waals surface area contributed by atoms with Gasteiger partial charge in [0.15, 0.2) is 11.2 Å². The largest absolute Gasteiger partial charge is 0.491 e. The number of nitrogens with one attached hydrogen (secondary N) is 2. The fourth-order valence-electron chi connectivity index (χ4n) is 3.20. The van der Waals surface area contributed by atoms with E-state index in [1.54, 1.807) is 24.3 Å². The summed E-state index contributed by atoms with van der Waals surface area (Å²) in [5.41, 5.74) is 2.24. The predicted molar refractivity (Wildman–Crippen MR) is 126 cm³/mol. The highest BCUT2D eigenvalue weighted by Crippen LogP contribution is 2.18. The second-order valence-corrected chi connectivity index (χ2v) is 7.81. The van der Waals surface area contributed by atoms with Crippen molar-refractivity contribution < 1.29 is 14.2 Å². The minimum Gasteiger partial charge on any atom is -0.491 e. The van der Waals surface area contributed by atoms with Gasteiger partial charge in [-0.25, -0.2) is 14.6 Å². The van der Waals surface area contributed by atoms with Gasteiger partial charge < -0.3 is 14.4 Å². The molecule has 12 heteroatoms. The van der Waals surface area contributed by atoms with Gasteiger partial charge in [0.1, 0.15) is 24.3 Å². The topological polar surface area (TPSA) is 127 Å². The highest BCUT2D eigenvalue weighted by Gasteiger charge is 2.20. The number of aliphatic hydroxyl groups is 1. The number of hydrogen-bond donors (Lipinski definition) is 3. The predicted octanol–water partition coefficient (Wildman–Crippen LogP) is 2.10. The highest BCUT2D eigenvalue weighted by atomic mass is 35.5. The van der Waals surface area contributed by atoms with Crippen molar-refractivity contribution in [1.29, 1.82) is 0 Å². The molecule has 0 aliphatic rings. The molecule has 10 nitrogen and oxygen atoms in total. The molecule has 0 bridgehead atoms. The molecule has 4 aromatic rings. The Labute approximate surface area is 196 Å². The molecule has 2 heterocycles. The number of hydrogen-bond acceptors (Lipinski definition) is 7. The van der Waals surface area contributed by atoms with Crippen LogP contribution in [0.3, 0.4) is 0 Å². The molecule has 3 N–H and O–H groups in total. The molecule has 2 aromatic heterocycles. The summed E-state index contributed by atoms with van der Waals surface area (Å²) >= 11 is 5.86. The average molecular weight is 487 g/mol. The van der Waals surface area contributed by atoms with E-state index < -0.39 is 17.4 Å². The Morgan fingerprint density at radius 3 is 2.65 bits per heavy atom. The number of aryl methyl sites for hydroxylation is 1. The number of hydrazone groups is 1. The lowest BCUT2D eigenvalue weighted by molar-refractivity contribution is 0.0938. The lowest BCUT2D eigenvalue weighted by atomic mass is 10.2. The Hall–Kier alpha value is -3.96. The normalized spacial score (nSPS) is 12.4. The molecule has 1 atom stereocenters. The van der Waals surface area contributed by atoms with Gasteiger partial charge >= 0.3 is 5.69 Å². The smallest absolute Gasteiger partial charge is 0.329 e. The molecule has 0 saturated heterocycles. The van der Waals surface area contributed by atoms with E-state index in [0.717, 1.165) is 0 Å². The molecule has 0 radical (unpaired) electrons. The standard InChI is InChI=1S/C22H20ClFN6O4/c1-29-19-18(20(32)27-22(29)33)30(11-16(31)12-34-17-8-4-14(23)5-9-17)21(26-19)28-25-10-13-2-6-15(24)7-3-13/h2-10,16,31H,11-12H2,1H3,(H,26,28)(H,27,32,33)/b25-10-/t16-/m0/s1. The second-order valence-electron chi connectivity index (χ2n) is 7.38. The molecule has 34 heavy (non-hydrogen) atoms. The maximum Gasteiger partial charge on any atom is 0.329 e. The summed E-state index contributed by atoms with van der Waals surface area (Å²) in [6, 6.07) is 12.3. The highest BCUT2D eigenvalue weighted by molar-refractivity contribution is 6.30. The lowest BCUT2D eigenvalue weighted by Gasteiger charge is -2.15. The summed E-state index contributed by atoms with van der Waals surface area (Å²) in [5.74, 6) is 0.258. The monoisotopic (exact) mass is 486 g/mol.